The van der Waals surface area contributed by atoms with Gasteiger partial charge in [-0.05, 0) is 0 Å². The van der Waals surface area contributed by atoms with E-state index in [1.165, 1.54) is 60.3 Å². The van der Waals surface area contributed by atoms with Crippen molar-refractivity contribution in [1.29, 1.82) is 0 Å². The number of rotatable bonds is 10. The van der Waals surface area contributed by atoms with Crippen LogP contribution >= 0.6 is 25.5 Å². The molecule has 0 aliphatic heterocycles. The summed E-state index contributed by atoms with van der Waals surface area (Å²) in [4.78, 5) is 0. The Balaban J connectivity index is 3.40. The van der Waals surface area contributed by atoms with E-state index in [9.17, 15) is 0 Å². The summed E-state index contributed by atoms with van der Waals surface area (Å²) < 4.78 is 2.91. The summed E-state index contributed by atoms with van der Waals surface area (Å²) in [5.74, 6) is 0. The van der Waals surface area contributed by atoms with Gasteiger partial charge in [0.15, 0.2) is 0 Å². The van der Waals surface area contributed by atoms with Crippen LogP contribution in [-0.2, 0) is 0 Å². The molecule has 0 rings (SSSR count). The molecule has 0 saturated heterocycles. The van der Waals surface area contributed by atoms with Crippen LogP contribution in [0.4, 0.5) is 0 Å². The second-order valence-electron chi connectivity index (χ2n) is 4.23. The third-order valence-corrected chi connectivity index (χ3v) is 16.3. The van der Waals surface area contributed by atoms with Gasteiger partial charge in [0, 0.05) is 0 Å². The Morgan fingerprint density at radius 3 is 1.40 bits per heavy atom. The molecule has 0 nitrogen and oxygen atoms in total. The molecule has 0 saturated carbocycles. The van der Waals surface area contributed by atoms with Gasteiger partial charge in [0.25, 0.3) is 0 Å². The maximum absolute atomic E-state index is 3.99. The molecule has 3 heteroatoms. The Kier molecular flexibility index (Phi) is 12.1. The summed E-state index contributed by atoms with van der Waals surface area (Å²) in [5.41, 5.74) is 0. The number of halogens is 2. The minimum absolute atomic E-state index is 1.35. The summed E-state index contributed by atoms with van der Waals surface area (Å²) in [6.45, 7) is 4.56. The maximum atomic E-state index is 3.99. The molecule has 0 spiro atoms. The fourth-order valence-electron chi connectivity index (χ4n) is 1.58. The fourth-order valence-corrected chi connectivity index (χ4v) is 11.9. The monoisotopic (exact) mass is 458 g/mol. The van der Waals surface area contributed by atoms with Crippen LogP contribution in [0, 0.1) is 0 Å². The third-order valence-electron chi connectivity index (χ3n) is 2.59. The van der Waals surface area contributed by atoms with Crippen LogP contribution in [0.25, 0.3) is 0 Å². The van der Waals surface area contributed by atoms with Gasteiger partial charge in [-0.2, -0.15) is 0 Å². The van der Waals surface area contributed by atoms with Crippen molar-refractivity contribution >= 4 is 39.3 Å². The van der Waals surface area contributed by atoms with E-state index in [-0.39, 0.29) is 0 Å². The third kappa shape index (κ3) is 12.0. The zero-order valence-electron chi connectivity index (χ0n) is 10.2. The van der Waals surface area contributed by atoms with E-state index in [1.807, 2.05) is 0 Å². The summed E-state index contributed by atoms with van der Waals surface area (Å²) in [5, 5.41) is 0. The molecule has 0 fully saturated rings. The predicted octanol–water partition coefficient (Wildman–Crippen LogP) is 6.38. The van der Waals surface area contributed by atoms with Crippen molar-refractivity contribution in [3.05, 3.63) is 0 Å². The van der Waals surface area contributed by atoms with Crippen LogP contribution < -0.4 is 0 Å². The first kappa shape index (κ1) is 16.7. The Labute approximate surface area is 112 Å². The molecular formula is C12H26Br2Te. The van der Waals surface area contributed by atoms with E-state index in [0.717, 1.165) is 0 Å². The molecule has 0 aromatic heterocycles. The van der Waals surface area contributed by atoms with E-state index in [0.29, 0.717) is 0 Å². The van der Waals surface area contributed by atoms with Crippen LogP contribution in [0.1, 0.15) is 65.2 Å². The van der Waals surface area contributed by atoms with Crippen molar-refractivity contribution in [2.24, 2.45) is 0 Å². The Hall–Kier alpha value is 1.75. The second-order valence-corrected chi connectivity index (χ2v) is 33.0. The van der Waals surface area contributed by atoms with E-state index in [4.69, 9.17) is 0 Å². The van der Waals surface area contributed by atoms with Crippen LogP contribution in [0.15, 0.2) is 0 Å². The molecule has 0 atom stereocenters. The van der Waals surface area contributed by atoms with Crippen molar-refractivity contribution in [3.63, 3.8) is 0 Å². The van der Waals surface area contributed by atoms with Gasteiger partial charge < -0.3 is 0 Å². The molecule has 0 amide bonds. The molecular weight excluding hydrogens is 432 g/mol. The topological polar surface area (TPSA) is 0 Å². The molecule has 0 aliphatic carbocycles. The van der Waals surface area contributed by atoms with Crippen molar-refractivity contribution in [2.45, 2.75) is 74.2 Å². The van der Waals surface area contributed by atoms with Crippen LogP contribution in [0.3, 0.4) is 0 Å². The Bertz CT molecular complexity index is 124. The SMILES string of the molecule is CCCCCC[Te](Br)(Br)CCCCCC. The average molecular weight is 458 g/mol. The number of hydrogen-bond acceptors (Lipinski definition) is 0. The van der Waals surface area contributed by atoms with Gasteiger partial charge >= 0.3 is 113 Å². The summed E-state index contributed by atoms with van der Waals surface area (Å²) in [6.07, 6.45) is 11.2. The van der Waals surface area contributed by atoms with E-state index in [2.05, 4.69) is 39.4 Å². The molecule has 0 bridgehead atoms. The molecule has 0 unspecified atom stereocenters. The van der Waals surface area contributed by atoms with Gasteiger partial charge in [-0.1, -0.05) is 0 Å². The molecule has 0 heterocycles. The average Bonchev–Trinajstić information content (AvgIpc) is 2.20. The second kappa shape index (κ2) is 10.9. The van der Waals surface area contributed by atoms with Crippen molar-refractivity contribution in [1.82, 2.24) is 0 Å². The molecule has 0 aliphatic rings. The van der Waals surface area contributed by atoms with Gasteiger partial charge in [0.05, 0.1) is 0 Å². The zero-order valence-corrected chi connectivity index (χ0v) is 15.7. The predicted molar refractivity (Wildman–Crippen MR) is 81.5 cm³/mol. The molecule has 94 valence electrons. The summed E-state index contributed by atoms with van der Waals surface area (Å²) in [6, 6.07) is 0. The first-order valence-electron chi connectivity index (χ1n) is 6.30. The van der Waals surface area contributed by atoms with Gasteiger partial charge in [0.2, 0.25) is 0 Å². The number of hydrogen-bond donors (Lipinski definition) is 0. The first-order valence-corrected chi connectivity index (χ1v) is 20.0. The van der Waals surface area contributed by atoms with E-state index >= 15 is 0 Å². The fraction of sp³-hybridized carbons (Fsp3) is 1.00. The molecule has 0 aromatic carbocycles. The van der Waals surface area contributed by atoms with E-state index in [1.54, 1.807) is 0 Å². The quantitative estimate of drug-likeness (QED) is 0.264. The van der Waals surface area contributed by atoms with Crippen molar-refractivity contribution in [3.8, 4) is 0 Å². The summed E-state index contributed by atoms with van der Waals surface area (Å²) >= 11 is 6.29. The van der Waals surface area contributed by atoms with Crippen LogP contribution in [0.2, 0.25) is 8.94 Å². The molecule has 0 aromatic rings. The van der Waals surface area contributed by atoms with Gasteiger partial charge in [-0.3, -0.25) is 0 Å². The molecule has 0 radical (unpaired) electrons. The zero-order chi connectivity index (χ0) is 11.6. The van der Waals surface area contributed by atoms with Crippen molar-refractivity contribution < 1.29 is 0 Å². The van der Waals surface area contributed by atoms with E-state index < -0.39 is 13.8 Å². The van der Waals surface area contributed by atoms with Crippen LogP contribution in [0.5, 0.6) is 0 Å². The van der Waals surface area contributed by atoms with Gasteiger partial charge in [-0.15, -0.1) is 0 Å². The molecule has 15 heavy (non-hydrogen) atoms. The van der Waals surface area contributed by atoms with Gasteiger partial charge in [-0.25, -0.2) is 0 Å². The van der Waals surface area contributed by atoms with Gasteiger partial charge in [0.1, 0.15) is 0 Å². The standard InChI is InChI=1S/C12H26Br2Te/c1-3-5-7-9-11-15(13,14)12-10-8-6-4-2/h3-12H2,1-2H3. The summed E-state index contributed by atoms with van der Waals surface area (Å²) in [7, 11) is 0. The Morgan fingerprint density at radius 1 is 0.667 bits per heavy atom. The molecule has 0 N–H and O–H groups in total. The minimum atomic E-state index is -1.69. The first-order chi connectivity index (χ1) is 7.12. The Morgan fingerprint density at radius 2 is 1.07 bits per heavy atom. The number of unbranched alkanes of at least 4 members (excludes halogenated alkanes) is 6. The van der Waals surface area contributed by atoms with Crippen LogP contribution in [-0.4, -0.2) is 13.8 Å². The van der Waals surface area contributed by atoms with Crippen molar-refractivity contribution in [2.75, 3.05) is 0 Å². The normalized spacial score (nSPS) is 13.1.